The summed E-state index contributed by atoms with van der Waals surface area (Å²) in [6, 6.07) is 14.1. The lowest BCUT2D eigenvalue weighted by Gasteiger charge is -2.22. The summed E-state index contributed by atoms with van der Waals surface area (Å²) in [6.45, 7) is 9.43. The van der Waals surface area contributed by atoms with Gasteiger partial charge in [0.05, 0.1) is 18.0 Å². The number of anilines is 3. The van der Waals surface area contributed by atoms with Crippen molar-refractivity contribution in [3.8, 4) is 5.75 Å². The molecule has 2 amide bonds. The summed E-state index contributed by atoms with van der Waals surface area (Å²) in [5.74, 6) is 0.443. The number of ether oxygens (including phenoxy) is 2. The quantitative estimate of drug-likeness (QED) is 0.629. The molecule has 2 aromatic rings. The number of hydrogen-bond donors (Lipinski definition) is 3. The normalized spacial score (nSPS) is 11.9. The molecule has 0 radical (unpaired) electrons. The van der Waals surface area contributed by atoms with E-state index >= 15 is 0 Å². The Kier molecular flexibility index (Phi) is 7.47. The van der Waals surface area contributed by atoms with E-state index in [1.807, 2.05) is 49.4 Å². The van der Waals surface area contributed by atoms with Gasteiger partial charge < -0.3 is 25.4 Å². The summed E-state index contributed by atoms with van der Waals surface area (Å²) in [5.41, 5.74) is 1.56. The van der Waals surface area contributed by atoms with Crippen LogP contribution >= 0.6 is 0 Å². The minimum Gasteiger partial charge on any atom is -0.494 e. The fourth-order valence-corrected chi connectivity index (χ4v) is 2.45. The molecular formula is C22H29N3O4. The summed E-state index contributed by atoms with van der Waals surface area (Å²) in [5, 5.41) is 8.65. The van der Waals surface area contributed by atoms with E-state index in [9.17, 15) is 9.59 Å². The van der Waals surface area contributed by atoms with E-state index in [1.54, 1.807) is 33.8 Å². The lowest BCUT2D eigenvalue weighted by molar-refractivity contribution is -0.117. The van der Waals surface area contributed by atoms with Crippen LogP contribution in [0.1, 0.15) is 34.6 Å². The van der Waals surface area contributed by atoms with Gasteiger partial charge in [0, 0.05) is 5.69 Å². The van der Waals surface area contributed by atoms with Crippen LogP contribution in [-0.4, -0.2) is 30.3 Å². The van der Waals surface area contributed by atoms with E-state index in [0.29, 0.717) is 12.3 Å². The van der Waals surface area contributed by atoms with Gasteiger partial charge in [-0.3, -0.25) is 4.79 Å². The van der Waals surface area contributed by atoms with Gasteiger partial charge in [-0.15, -0.1) is 0 Å². The second-order valence-corrected chi connectivity index (χ2v) is 7.49. The number of alkyl carbamates (subject to hydrolysis) is 1. The highest BCUT2D eigenvalue weighted by molar-refractivity contribution is 5.99. The van der Waals surface area contributed by atoms with Crippen molar-refractivity contribution >= 4 is 29.1 Å². The predicted octanol–water partition coefficient (Wildman–Crippen LogP) is 4.68. The Hall–Kier alpha value is -3.22. The molecule has 0 bridgehead atoms. The number of amides is 2. The van der Waals surface area contributed by atoms with Gasteiger partial charge in [0.2, 0.25) is 5.91 Å². The zero-order valence-corrected chi connectivity index (χ0v) is 17.5. The van der Waals surface area contributed by atoms with Crippen LogP contribution in [0.4, 0.5) is 21.9 Å². The van der Waals surface area contributed by atoms with E-state index in [-0.39, 0.29) is 5.91 Å². The lowest BCUT2D eigenvalue weighted by Crippen LogP contribution is -2.44. The number of rotatable bonds is 7. The van der Waals surface area contributed by atoms with Gasteiger partial charge in [0.1, 0.15) is 17.4 Å². The topological polar surface area (TPSA) is 88.7 Å². The maximum Gasteiger partial charge on any atom is 0.408 e. The minimum absolute atomic E-state index is 0.350. The Balaban J connectivity index is 2.02. The molecule has 0 aliphatic heterocycles. The van der Waals surface area contributed by atoms with Crippen molar-refractivity contribution in [2.45, 2.75) is 46.3 Å². The van der Waals surface area contributed by atoms with E-state index in [1.165, 1.54) is 0 Å². The van der Waals surface area contributed by atoms with Gasteiger partial charge in [-0.2, -0.15) is 0 Å². The summed E-state index contributed by atoms with van der Waals surface area (Å²) in [4.78, 5) is 24.4. The predicted molar refractivity (Wildman–Crippen MR) is 115 cm³/mol. The first-order valence-electron chi connectivity index (χ1n) is 9.57. The first kappa shape index (κ1) is 22.1. The molecule has 0 aliphatic carbocycles. The first-order chi connectivity index (χ1) is 13.7. The zero-order valence-electron chi connectivity index (χ0n) is 17.5. The molecule has 0 saturated carbocycles. The molecule has 0 spiro atoms. The molecule has 1 unspecified atom stereocenters. The van der Waals surface area contributed by atoms with Crippen LogP contribution in [0, 0.1) is 0 Å². The highest BCUT2D eigenvalue weighted by Crippen LogP contribution is 2.26. The number of nitrogens with one attached hydrogen (secondary N) is 3. The fourth-order valence-electron chi connectivity index (χ4n) is 2.45. The van der Waals surface area contributed by atoms with Gasteiger partial charge in [0.25, 0.3) is 0 Å². The van der Waals surface area contributed by atoms with Crippen LogP contribution < -0.4 is 20.7 Å². The number of hydrogen-bond acceptors (Lipinski definition) is 5. The van der Waals surface area contributed by atoms with Crippen LogP contribution in [0.5, 0.6) is 5.75 Å². The molecule has 0 aliphatic rings. The average Bonchev–Trinajstić information content (AvgIpc) is 2.63. The largest absolute Gasteiger partial charge is 0.494 e. The fraction of sp³-hybridized carbons (Fsp3) is 0.364. The van der Waals surface area contributed by atoms with Crippen molar-refractivity contribution in [1.29, 1.82) is 0 Å². The van der Waals surface area contributed by atoms with Gasteiger partial charge in [-0.25, -0.2) is 4.79 Å². The maximum atomic E-state index is 12.5. The Bertz CT molecular complexity index is 829. The Morgan fingerprint density at radius 3 is 2.21 bits per heavy atom. The Morgan fingerprint density at radius 1 is 1.00 bits per heavy atom. The smallest absolute Gasteiger partial charge is 0.408 e. The molecule has 156 valence electrons. The lowest BCUT2D eigenvalue weighted by atomic mass is 10.2. The minimum atomic E-state index is -0.761. The van der Waals surface area contributed by atoms with E-state index in [2.05, 4.69) is 16.0 Å². The molecular weight excluding hydrogens is 370 g/mol. The van der Waals surface area contributed by atoms with E-state index in [4.69, 9.17) is 9.47 Å². The van der Waals surface area contributed by atoms with Gasteiger partial charge in [-0.1, -0.05) is 12.1 Å². The SMILES string of the molecule is CCOc1ccc(Nc2ccccc2NC(=O)C(C)NC(=O)OC(C)(C)C)cc1. The maximum absolute atomic E-state index is 12.5. The number of carbonyl (C=O) groups excluding carboxylic acids is 2. The second-order valence-electron chi connectivity index (χ2n) is 7.49. The van der Waals surface area contributed by atoms with Crippen LogP contribution in [0.15, 0.2) is 48.5 Å². The van der Waals surface area contributed by atoms with Crippen molar-refractivity contribution in [2.75, 3.05) is 17.2 Å². The van der Waals surface area contributed by atoms with Crippen molar-refractivity contribution in [3.63, 3.8) is 0 Å². The summed E-state index contributed by atoms with van der Waals surface area (Å²) in [7, 11) is 0. The van der Waals surface area contributed by atoms with Gasteiger partial charge >= 0.3 is 6.09 Å². The highest BCUT2D eigenvalue weighted by atomic mass is 16.6. The summed E-state index contributed by atoms with van der Waals surface area (Å²) in [6.07, 6.45) is -0.638. The third kappa shape index (κ3) is 7.37. The number of benzene rings is 2. The molecule has 2 aromatic carbocycles. The van der Waals surface area contributed by atoms with Crippen molar-refractivity contribution < 1.29 is 19.1 Å². The third-order valence-corrected chi connectivity index (χ3v) is 3.76. The number of carbonyl (C=O) groups is 2. The van der Waals surface area contributed by atoms with Gasteiger partial charge in [0.15, 0.2) is 0 Å². The van der Waals surface area contributed by atoms with Crippen LogP contribution in [-0.2, 0) is 9.53 Å². The molecule has 3 N–H and O–H groups in total. The van der Waals surface area contributed by atoms with Crippen LogP contribution in [0.3, 0.4) is 0 Å². The Morgan fingerprint density at radius 2 is 1.62 bits per heavy atom. The van der Waals surface area contributed by atoms with Crippen molar-refractivity contribution in [1.82, 2.24) is 5.32 Å². The summed E-state index contributed by atoms with van der Waals surface area (Å²) < 4.78 is 10.6. The second kappa shape index (κ2) is 9.82. The zero-order chi connectivity index (χ0) is 21.4. The number of para-hydroxylation sites is 2. The molecule has 7 nitrogen and oxygen atoms in total. The average molecular weight is 399 g/mol. The first-order valence-corrected chi connectivity index (χ1v) is 9.57. The Labute approximate surface area is 171 Å². The molecule has 0 fully saturated rings. The molecule has 0 aromatic heterocycles. The molecule has 29 heavy (non-hydrogen) atoms. The highest BCUT2D eigenvalue weighted by Gasteiger charge is 2.21. The van der Waals surface area contributed by atoms with Crippen molar-refractivity contribution in [2.24, 2.45) is 0 Å². The standard InChI is InChI=1S/C22H29N3O4/c1-6-28-17-13-11-16(12-14-17)24-18-9-7-8-10-19(18)25-20(26)15(2)23-21(27)29-22(3,4)5/h7-15,24H,6H2,1-5H3,(H,23,27)(H,25,26). The van der Waals surface area contributed by atoms with Crippen LogP contribution in [0.25, 0.3) is 0 Å². The molecule has 7 heteroatoms. The third-order valence-electron chi connectivity index (χ3n) is 3.76. The van der Waals surface area contributed by atoms with Crippen LogP contribution in [0.2, 0.25) is 0 Å². The monoisotopic (exact) mass is 399 g/mol. The van der Waals surface area contributed by atoms with E-state index in [0.717, 1.165) is 17.1 Å². The van der Waals surface area contributed by atoms with Gasteiger partial charge in [-0.05, 0) is 71.0 Å². The van der Waals surface area contributed by atoms with E-state index < -0.39 is 17.7 Å². The van der Waals surface area contributed by atoms with Crippen molar-refractivity contribution in [3.05, 3.63) is 48.5 Å². The molecule has 0 heterocycles. The molecule has 1 atom stereocenters. The molecule has 2 rings (SSSR count). The summed E-state index contributed by atoms with van der Waals surface area (Å²) >= 11 is 0. The molecule has 0 saturated heterocycles.